The van der Waals surface area contributed by atoms with Gasteiger partial charge in [-0.25, -0.2) is 0 Å². The first-order chi connectivity index (χ1) is 13.7. The lowest BCUT2D eigenvalue weighted by Crippen LogP contribution is -2.37. The van der Waals surface area contributed by atoms with Gasteiger partial charge in [-0.2, -0.15) is 0 Å². The van der Waals surface area contributed by atoms with Crippen molar-refractivity contribution < 1.29 is 4.79 Å². The molecule has 1 amide bonds. The topological polar surface area (TPSA) is 28.5 Å². The highest BCUT2D eigenvalue weighted by molar-refractivity contribution is 6.35. The average molecular weight is 394 g/mol. The molecule has 1 aromatic heterocycles. The molecule has 2 fully saturated rings. The van der Waals surface area contributed by atoms with Gasteiger partial charge in [0.05, 0.1) is 5.52 Å². The molecule has 4 nitrogen and oxygen atoms in total. The Morgan fingerprint density at radius 1 is 0.964 bits per heavy atom. The number of rotatable bonds is 3. The SMILES string of the molecule is O=C(c1ccc(-n2ccc3c(Cl)cccc32)cc1)N1CC[C@H](N2CCCC2)C1. The Morgan fingerprint density at radius 3 is 2.54 bits per heavy atom. The molecule has 5 heteroatoms. The normalized spacial score (nSPS) is 20.3. The average Bonchev–Trinajstić information content (AvgIpc) is 3.47. The molecule has 3 heterocycles. The van der Waals surface area contributed by atoms with Crippen LogP contribution in [-0.2, 0) is 0 Å². The summed E-state index contributed by atoms with van der Waals surface area (Å²) in [5.41, 5.74) is 2.87. The molecule has 2 aliphatic heterocycles. The van der Waals surface area contributed by atoms with Crippen LogP contribution in [0, 0.1) is 0 Å². The summed E-state index contributed by atoms with van der Waals surface area (Å²) in [4.78, 5) is 17.5. The quantitative estimate of drug-likeness (QED) is 0.650. The zero-order valence-corrected chi connectivity index (χ0v) is 16.6. The highest BCUT2D eigenvalue weighted by atomic mass is 35.5. The molecular formula is C23H24ClN3O. The number of fused-ring (bicyclic) bond motifs is 1. The molecule has 0 saturated carbocycles. The van der Waals surface area contributed by atoms with Crippen molar-refractivity contribution in [2.24, 2.45) is 0 Å². The van der Waals surface area contributed by atoms with Gasteiger partial charge >= 0.3 is 0 Å². The van der Waals surface area contributed by atoms with Gasteiger partial charge in [-0.05, 0) is 74.8 Å². The summed E-state index contributed by atoms with van der Waals surface area (Å²) in [6.45, 7) is 4.11. The Labute approximate surface area is 170 Å². The largest absolute Gasteiger partial charge is 0.337 e. The van der Waals surface area contributed by atoms with Gasteiger partial charge in [0.15, 0.2) is 0 Å². The van der Waals surface area contributed by atoms with E-state index in [0.717, 1.165) is 46.7 Å². The van der Waals surface area contributed by atoms with Crippen LogP contribution in [0.4, 0.5) is 0 Å². The molecule has 2 aromatic carbocycles. The van der Waals surface area contributed by atoms with Crippen LogP contribution >= 0.6 is 11.6 Å². The molecule has 0 bridgehead atoms. The molecule has 28 heavy (non-hydrogen) atoms. The third kappa shape index (κ3) is 3.11. The molecule has 0 unspecified atom stereocenters. The number of benzene rings is 2. The number of nitrogens with zero attached hydrogens (tertiary/aromatic N) is 3. The van der Waals surface area contributed by atoms with Crippen LogP contribution in [0.3, 0.4) is 0 Å². The van der Waals surface area contributed by atoms with Gasteiger partial charge in [0.25, 0.3) is 5.91 Å². The first kappa shape index (κ1) is 17.8. The van der Waals surface area contributed by atoms with E-state index >= 15 is 0 Å². The van der Waals surface area contributed by atoms with Crippen LogP contribution in [0.1, 0.15) is 29.6 Å². The molecule has 1 atom stereocenters. The summed E-state index contributed by atoms with van der Waals surface area (Å²) >= 11 is 6.29. The zero-order chi connectivity index (χ0) is 19.1. The summed E-state index contributed by atoms with van der Waals surface area (Å²) in [5, 5.41) is 1.79. The zero-order valence-electron chi connectivity index (χ0n) is 15.9. The second kappa shape index (κ2) is 7.26. The molecule has 5 rings (SSSR count). The lowest BCUT2D eigenvalue weighted by molar-refractivity contribution is 0.0780. The van der Waals surface area contributed by atoms with Gasteiger partial charge in [-0.1, -0.05) is 17.7 Å². The minimum atomic E-state index is 0.147. The molecule has 0 spiro atoms. The van der Waals surface area contributed by atoms with Gasteiger partial charge in [-0.3, -0.25) is 9.69 Å². The summed E-state index contributed by atoms with van der Waals surface area (Å²) in [6.07, 6.45) is 5.71. The third-order valence-electron chi connectivity index (χ3n) is 6.18. The van der Waals surface area contributed by atoms with Crippen molar-refractivity contribution in [1.29, 1.82) is 0 Å². The second-order valence-corrected chi connectivity index (χ2v) is 8.25. The van der Waals surface area contributed by atoms with Gasteiger partial charge < -0.3 is 9.47 Å². The fourth-order valence-electron chi connectivity index (χ4n) is 4.63. The van der Waals surface area contributed by atoms with Crippen LogP contribution in [0.5, 0.6) is 0 Å². The first-order valence-corrected chi connectivity index (χ1v) is 10.5. The third-order valence-corrected chi connectivity index (χ3v) is 6.51. The minimum absolute atomic E-state index is 0.147. The van der Waals surface area contributed by atoms with Crippen molar-refractivity contribution in [2.75, 3.05) is 26.2 Å². The second-order valence-electron chi connectivity index (χ2n) is 7.84. The Bertz CT molecular complexity index is 1000. The number of hydrogen-bond donors (Lipinski definition) is 0. The van der Waals surface area contributed by atoms with E-state index in [2.05, 4.69) is 15.5 Å². The van der Waals surface area contributed by atoms with Crippen molar-refractivity contribution in [3.63, 3.8) is 0 Å². The van der Waals surface area contributed by atoms with Crippen LogP contribution in [-0.4, -0.2) is 52.5 Å². The van der Waals surface area contributed by atoms with E-state index in [-0.39, 0.29) is 5.91 Å². The molecule has 2 saturated heterocycles. The molecular weight excluding hydrogens is 370 g/mol. The van der Waals surface area contributed by atoms with Crippen molar-refractivity contribution in [3.8, 4) is 5.69 Å². The van der Waals surface area contributed by atoms with E-state index in [1.54, 1.807) is 0 Å². The van der Waals surface area contributed by atoms with E-state index in [4.69, 9.17) is 11.6 Å². The monoisotopic (exact) mass is 393 g/mol. The number of halogens is 1. The predicted octanol–water partition coefficient (Wildman–Crippen LogP) is 4.59. The number of likely N-dealkylation sites (tertiary alicyclic amines) is 2. The maximum absolute atomic E-state index is 12.9. The summed E-state index contributed by atoms with van der Waals surface area (Å²) < 4.78 is 2.11. The van der Waals surface area contributed by atoms with E-state index in [1.165, 1.54) is 25.9 Å². The summed E-state index contributed by atoms with van der Waals surface area (Å²) in [6, 6.07) is 16.4. The van der Waals surface area contributed by atoms with Gasteiger partial charge in [-0.15, -0.1) is 0 Å². The molecule has 0 aliphatic carbocycles. The Kier molecular flexibility index (Phi) is 4.61. The number of amides is 1. The van der Waals surface area contributed by atoms with Crippen LogP contribution < -0.4 is 0 Å². The minimum Gasteiger partial charge on any atom is -0.337 e. The number of aromatic nitrogens is 1. The highest BCUT2D eigenvalue weighted by Gasteiger charge is 2.31. The highest BCUT2D eigenvalue weighted by Crippen LogP contribution is 2.27. The fraction of sp³-hybridized carbons (Fsp3) is 0.348. The maximum Gasteiger partial charge on any atom is 0.253 e. The first-order valence-electron chi connectivity index (χ1n) is 10.1. The molecule has 3 aromatic rings. The van der Waals surface area contributed by atoms with E-state index in [9.17, 15) is 4.79 Å². The maximum atomic E-state index is 12.9. The van der Waals surface area contributed by atoms with Crippen LogP contribution in [0.15, 0.2) is 54.7 Å². The summed E-state index contributed by atoms with van der Waals surface area (Å²) in [7, 11) is 0. The van der Waals surface area contributed by atoms with Crippen molar-refractivity contribution in [2.45, 2.75) is 25.3 Å². The fourth-order valence-corrected chi connectivity index (χ4v) is 4.87. The Morgan fingerprint density at radius 2 is 1.75 bits per heavy atom. The van der Waals surface area contributed by atoms with Crippen LogP contribution in [0.25, 0.3) is 16.6 Å². The van der Waals surface area contributed by atoms with E-state index in [0.29, 0.717) is 6.04 Å². The molecule has 2 aliphatic rings. The van der Waals surface area contributed by atoms with Gasteiger partial charge in [0.2, 0.25) is 0 Å². The van der Waals surface area contributed by atoms with Crippen molar-refractivity contribution >= 4 is 28.4 Å². The Balaban J connectivity index is 1.33. The Hall–Kier alpha value is -2.30. The number of carbonyl (C=O) groups excluding carboxylic acids is 1. The van der Waals surface area contributed by atoms with E-state index in [1.807, 2.05) is 53.6 Å². The van der Waals surface area contributed by atoms with Gasteiger partial charge in [0, 0.05) is 47.0 Å². The van der Waals surface area contributed by atoms with Crippen molar-refractivity contribution in [1.82, 2.24) is 14.4 Å². The lowest BCUT2D eigenvalue weighted by Gasteiger charge is -2.23. The molecule has 0 N–H and O–H groups in total. The molecule has 144 valence electrons. The van der Waals surface area contributed by atoms with E-state index < -0.39 is 0 Å². The summed E-state index contributed by atoms with van der Waals surface area (Å²) in [5.74, 6) is 0.147. The lowest BCUT2D eigenvalue weighted by atomic mass is 10.1. The predicted molar refractivity (Wildman–Crippen MR) is 113 cm³/mol. The molecule has 0 radical (unpaired) electrons. The van der Waals surface area contributed by atoms with Crippen LogP contribution in [0.2, 0.25) is 5.02 Å². The van der Waals surface area contributed by atoms with Gasteiger partial charge in [0.1, 0.15) is 0 Å². The number of hydrogen-bond acceptors (Lipinski definition) is 2. The number of carbonyl (C=O) groups is 1. The smallest absolute Gasteiger partial charge is 0.253 e. The van der Waals surface area contributed by atoms with Crippen molar-refractivity contribution in [3.05, 3.63) is 65.3 Å². The standard InChI is InChI=1S/C23H24ClN3O/c24-21-4-3-5-22-20(21)11-15-27(22)18-8-6-17(7-9-18)23(28)26-14-10-19(16-26)25-12-1-2-13-25/h3-9,11,15,19H,1-2,10,12-14,16H2/t19-/m0/s1.